The second kappa shape index (κ2) is 9.55. The Morgan fingerprint density at radius 1 is 1.03 bits per heavy atom. The molecule has 0 bridgehead atoms. The van der Waals surface area contributed by atoms with Crippen LogP contribution in [-0.2, 0) is 10.2 Å². The SMILES string of the molecule is CCCC1(CC)c2ccccc2NCC1c1ccc(C(=O)N2CCN(C(=O)C3(O)CC3)CC2)cc1C. The molecule has 1 saturated heterocycles. The third kappa shape index (κ3) is 4.19. The number of anilines is 1. The summed E-state index contributed by atoms with van der Waals surface area (Å²) in [5.74, 6) is 0.178. The highest BCUT2D eigenvalue weighted by Gasteiger charge is 2.50. The monoisotopic (exact) mass is 489 g/mol. The first-order valence-electron chi connectivity index (χ1n) is 13.6. The van der Waals surface area contributed by atoms with Crippen molar-refractivity contribution in [1.82, 2.24) is 9.80 Å². The van der Waals surface area contributed by atoms with Crippen LogP contribution in [0.5, 0.6) is 0 Å². The fraction of sp³-hybridized carbons (Fsp3) is 0.533. The molecule has 2 N–H and O–H groups in total. The summed E-state index contributed by atoms with van der Waals surface area (Å²) in [6.07, 6.45) is 4.43. The fourth-order valence-electron chi connectivity index (χ4n) is 6.56. The van der Waals surface area contributed by atoms with Crippen LogP contribution in [0.25, 0.3) is 0 Å². The van der Waals surface area contributed by atoms with Crippen LogP contribution in [-0.4, -0.2) is 65.0 Å². The lowest BCUT2D eigenvalue weighted by atomic mass is 9.61. The summed E-state index contributed by atoms with van der Waals surface area (Å²) in [6, 6.07) is 14.9. The average molecular weight is 490 g/mol. The van der Waals surface area contributed by atoms with E-state index >= 15 is 0 Å². The molecule has 2 aliphatic heterocycles. The maximum absolute atomic E-state index is 13.3. The van der Waals surface area contributed by atoms with Gasteiger partial charge in [0.1, 0.15) is 5.60 Å². The van der Waals surface area contributed by atoms with Gasteiger partial charge in [0.2, 0.25) is 0 Å². The molecule has 36 heavy (non-hydrogen) atoms. The van der Waals surface area contributed by atoms with Gasteiger partial charge in [0.15, 0.2) is 0 Å². The fourth-order valence-corrected chi connectivity index (χ4v) is 6.56. The van der Waals surface area contributed by atoms with E-state index in [2.05, 4.69) is 62.5 Å². The molecular weight excluding hydrogens is 450 g/mol. The Balaban J connectivity index is 1.35. The topological polar surface area (TPSA) is 72.9 Å². The molecule has 2 heterocycles. The number of fused-ring (bicyclic) bond motifs is 1. The number of carbonyl (C=O) groups excluding carboxylic acids is 2. The summed E-state index contributed by atoms with van der Waals surface area (Å²) in [5, 5.41) is 13.8. The Labute approximate surface area is 214 Å². The van der Waals surface area contributed by atoms with Crippen molar-refractivity contribution in [3.8, 4) is 0 Å². The second-order valence-electron chi connectivity index (χ2n) is 10.9. The molecule has 1 aliphatic carbocycles. The zero-order valence-corrected chi connectivity index (χ0v) is 21.8. The maximum atomic E-state index is 13.3. The molecule has 0 radical (unpaired) electrons. The highest BCUT2D eigenvalue weighted by Crippen LogP contribution is 2.51. The van der Waals surface area contributed by atoms with Crippen molar-refractivity contribution in [3.63, 3.8) is 0 Å². The number of aryl methyl sites for hydroxylation is 1. The largest absolute Gasteiger partial charge is 0.384 e. The van der Waals surface area contributed by atoms with Gasteiger partial charge in [-0.2, -0.15) is 0 Å². The number of nitrogens with zero attached hydrogens (tertiary/aromatic N) is 2. The van der Waals surface area contributed by atoms with Crippen molar-refractivity contribution >= 4 is 17.5 Å². The van der Waals surface area contributed by atoms with Crippen molar-refractivity contribution in [2.24, 2.45) is 0 Å². The minimum absolute atomic E-state index is 0.0179. The van der Waals surface area contributed by atoms with Gasteiger partial charge >= 0.3 is 0 Å². The lowest BCUT2D eigenvalue weighted by molar-refractivity contribution is -0.143. The van der Waals surface area contributed by atoms with Gasteiger partial charge in [-0.05, 0) is 67.5 Å². The number of para-hydroxylation sites is 1. The first-order valence-corrected chi connectivity index (χ1v) is 13.6. The summed E-state index contributed by atoms with van der Waals surface area (Å²) in [5.41, 5.74) is 4.77. The first-order chi connectivity index (χ1) is 17.3. The van der Waals surface area contributed by atoms with E-state index in [4.69, 9.17) is 0 Å². The molecule has 0 aromatic heterocycles. The molecule has 2 aromatic rings. The van der Waals surface area contributed by atoms with Crippen LogP contribution >= 0.6 is 0 Å². The molecule has 0 spiro atoms. The Morgan fingerprint density at radius 3 is 2.36 bits per heavy atom. The van der Waals surface area contributed by atoms with Crippen LogP contribution in [0, 0.1) is 6.92 Å². The first kappa shape index (κ1) is 24.8. The quantitative estimate of drug-likeness (QED) is 0.628. The molecule has 3 aliphatic rings. The molecule has 6 nitrogen and oxygen atoms in total. The number of carbonyl (C=O) groups is 2. The van der Waals surface area contributed by atoms with E-state index in [1.807, 2.05) is 11.0 Å². The number of nitrogens with one attached hydrogen (secondary N) is 1. The Kier molecular flexibility index (Phi) is 6.58. The van der Waals surface area contributed by atoms with Crippen molar-refractivity contribution in [2.45, 2.75) is 69.8 Å². The number of rotatable bonds is 6. The number of hydrogen-bond acceptors (Lipinski definition) is 4. The molecule has 2 amide bonds. The lowest BCUT2D eigenvalue weighted by Crippen LogP contribution is -2.53. The minimum Gasteiger partial charge on any atom is -0.384 e. The maximum Gasteiger partial charge on any atom is 0.254 e. The van der Waals surface area contributed by atoms with E-state index in [9.17, 15) is 14.7 Å². The normalized spacial score (nSPS) is 24.6. The predicted molar refractivity (Wildman–Crippen MR) is 142 cm³/mol. The van der Waals surface area contributed by atoms with Gasteiger partial charge in [0.05, 0.1) is 0 Å². The standard InChI is InChI=1S/C30H39N3O3/c1-4-12-29(5-2)24-8-6-7-9-26(24)31-20-25(29)23-11-10-22(19-21(23)3)27(34)32-15-17-33(18-16-32)28(35)30(36)13-14-30/h6-11,19,25,31,36H,4-5,12-18,20H2,1-3H3. The molecule has 2 atom stereocenters. The second-order valence-corrected chi connectivity index (χ2v) is 10.9. The summed E-state index contributed by atoms with van der Waals surface area (Å²) >= 11 is 0. The molecular formula is C30H39N3O3. The number of aliphatic hydroxyl groups is 1. The average Bonchev–Trinajstić information content (AvgIpc) is 3.66. The van der Waals surface area contributed by atoms with Crippen LogP contribution in [0.1, 0.15) is 78.9 Å². The van der Waals surface area contributed by atoms with Crippen molar-refractivity contribution in [1.29, 1.82) is 0 Å². The summed E-state index contributed by atoms with van der Waals surface area (Å²) in [6.45, 7) is 9.56. The number of amides is 2. The van der Waals surface area contributed by atoms with E-state index in [1.54, 1.807) is 4.90 Å². The van der Waals surface area contributed by atoms with Gasteiger partial charge in [0.25, 0.3) is 11.8 Å². The highest BCUT2D eigenvalue weighted by molar-refractivity contribution is 5.95. The van der Waals surface area contributed by atoms with Gasteiger partial charge in [0, 0.05) is 55.3 Å². The molecule has 1 saturated carbocycles. The van der Waals surface area contributed by atoms with Crippen LogP contribution in [0.4, 0.5) is 5.69 Å². The highest BCUT2D eigenvalue weighted by atomic mass is 16.3. The third-order valence-electron chi connectivity index (χ3n) is 8.82. The van der Waals surface area contributed by atoms with Crippen molar-refractivity contribution in [3.05, 3.63) is 64.7 Å². The molecule has 6 heteroatoms. The van der Waals surface area contributed by atoms with Crippen LogP contribution in [0.2, 0.25) is 0 Å². The minimum atomic E-state index is -1.14. The van der Waals surface area contributed by atoms with E-state index in [1.165, 1.54) is 16.8 Å². The summed E-state index contributed by atoms with van der Waals surface area (Å²) < 4.78 is 0. The van der Waals surface area contributed by atoms with E-state index in [-0.39, 0.29) is 17.2 Å². The van der Waals surface area contributed by atoms with Gasteiger partial charge in [-0.1, -0.05) is 44.5 Å². The zero-order chi connectivity index (χ0) is 25.5. The van der Waals surface area contributed by atoms with E-state index in [0.29, 0.717) is 50.5 Å². The molecule has 2 fully saturated rings. The summed E-state index contributed by atoms with van der Waals surface area (Å²) in [7, 11) is 0. The lowest BCUT2D eigenvalue weighted by Gasteiger charge is -2.46. The van der Waals surface area contributed by atoms with Crippen LogP contribution in [0.15, 0.2) is 42.5 Å². The van der Waals surface area contributed by atoms with Crippen molar-refractivity contribution < 1.29 is 14.7 Å². The Bertz CT molecular complexity index is 1150. The van der Waals surface area contributed by atoms with Gasteiger partial charge in [-0.15, -0.1) is 0 Å². The van der Waals surface area contributed by atoms with E-state index < -0.39 is 5.60 Å². The van der Waals surface area contributed by atoms with Gasteiger partial charge < -0.3 is 20.2 Å². The van der Waals surface area contributed by atoms with Gasteiger partial charge in [-0.3, -0.25) is 9.59 Å². The smallest absolute Gasteiger partial charge is 0.254 e. The number of benzene rings is 2. The van der Waals surface area contributed by atoms with E-state index in [0.717, 1.165) is 31.4 Å². The van der Waals surface area contributed by atoms with Crippen molar-refractivity contribution in [2.75, 3.05) is 38.0 Å². The predicted octanol–water partition coefficient (Wildman–Crippen LogP) is 4.46. The zero-order valence-electron chi connectivity index (χ0n) is 21.8. The summed E-state index contributed by atoms with van der Waals surface area (Å²) in [4.78, 5) is 29.3. The molecule has 2 aromatic carbocycles. The van der Waals surface area contributed by atoms with Crippen LogP contribution in [0.3, 0.4) is 0 Å². The molecule has 5 rings (SSSR count). The van der Waals surface area contributed by atoms with Gasteiger partial charge in [-0.25, -0.2) is 0 Å². The Hall–Kier alpha value is -2.86. The Morgan fingerprint density at radius 2 is 1.72 bits per heavy atom. The molecule has 192 valence electrons. The van der Waals surface area contributed by atoms with Crippen LogP contribution < -0.4 is 5.32 Å². The number of piperazine rings is 1. The molecule has 2 unspecified atom stereocenters. The third-order valence-corrected chi connectivity index (χ3v) is 8.82. The number of hydrogen-bond donors (Lipinski definition) is 2.